The van der Waals surface area contributed by atoms with Gasteiger partial charge in [-0.1, -0.05) is 41.5 Å². The van der Waals surface area contributed by atoms with Gasteiger partial charge in [-0.25, -0.2) is 0 Å². The Balaban J connectivity index is 3.67. The maximum Gasteiger partial charge on any atom is 0.0430 e. The lowest BCUT2D eigenvalue weighted by molar-refractivity contribution is 0.750. The molecule has 0 aromatic heterocycles. The molecule has 2 nitrogen and oxygen atoms in total. The third kappa shape index (κ3) is 4.46. The Morgan fingerprint density at radius 1 is 0.542 bits per heavy atom. The van der Waals surface area contributed by atoms with Gasteiger partial charge < -0.3 is 10.6 Å². The van der Waals surface area contributed by atoms with Crippen molar-refractivity contribution in [3.63, 3.8) is 0 Å². The Morgan fingerprint density at radius 2 is 0.875 bits per heavy atom. The van der Waals surface area contributed by atoms with Crippen molar-refractivity contribution in [3.8, 4) is 0 Å². The number of rotatable bonds is 10. The molecule has 0 aliphatic rings. The van der Waals surface area contributed by atoms with Gasteiger partial charge in [-0.2, -0.15) is 0 Å². The first-order chi connectivity index (χ1) is 11.5. The third-order valence-corrected chi connectivity index (χ3v) is 5.36. The molecule has 0 radical (unpaired) electrons. The monoisotopic (exact) mass is 332 g/mol. The molecule has 24 heavy (non-hydrogen) atoms. The van der Waals surface area contributed by atoms with E-state index in [1.54, 1.807) is 16.7 Å². The third-order valence-electron chi connectivity index (χ3n) is 5.36. The maximum absolute atomic E-state index is 3.85. The van der Waals surface area contributed by atoms with Gasteiger partial charge in [0.15, 0.2) is 0 Å². The van der Waals surface area contributed by atoms with E-state index in [4.69, 9.17) is 0 Å². The first kappa shape index (κ1) is 20.9. The minimum Gasteiger partial charge on any atom is -0.382 e. The fourth-order valence-corrected chi connectivity index (χ4v) is 3.58. The highest BCUT2D eigenvalue weighted by molar-refractivity contribution is 5.76. The van der Waals surface area contributed by atoms with E-state index >= 15 is 0 Å². The second-order valence-corrected chi connectivity index (χ2v) is 6.99. The Morgan fingerprint density at radius 3 is 1.12 bits per heavy atom. The van der Waals surface area contributed by atoms with E-state index in [0.717, 1.165) is 38.5 Å². The standard InChI is InChI=1S/C22H40N2/c1-9-15(7)23-21-18(12-4)17(11-3)19(13-5)22(20(21)14-6)24-16(8)10-2/h15-16,23-24H,9-14H2,1-8H3. The molecule has 138 valence electrons. The largest absolute Gasteiger partial charge is 0.382 e. The number of benzene rings is 1. The smallest absolute Gasteiger partial charge is 0.0430 e. The van der Waals surface area contributed by atoms with E-state index < -0.39 is 0 Å². The molecule has 0 aliphatic carbocycles. The maximum atomic E-state index is 3.85. The topological polar surface area (TPSA) is 24.1 Å². The van der Waals surface area contributed by atoms with Gasteiger partial charge in [0.2, 0.25) is 0 Å². The lowest BCUT2D eigenvalue weighted by atomic mass is 9.87. The Kier molecular flexibility index (Phi) is 8.66. The second-order valence-electron chi connectivity index (χ2n) is 6.99. The van der Waals surface area contributed by atoms with Crippen LogP contribution in [0.25, 0.3) is 0 Å². The zero-order chi connectivity index (χ0) is 18.3. The minimum atomic E-state index is 0.509. The molecule has 0 amide bonds. The van der Waals surface area contributed by atoms with Crippen LogP contribution in [0.4, 0.5) is 11.4 Å². The molecule has 1 rings (SSSR count). The van der Waals surface area contributed by atoms with Gasteiger partial charge in [0, 0.05) is 23.5 Å². The fraction of sp³-hybridized carbons (Fsp3) is 0.727. The van der Waals surface area contributed by atoms with Crippen molar-refractivity contribution in [2.24, 2.45) is 0 Å². The van der Waals surface area contributed by atoms with E-state index in [1.807, 2.05) is 0 Å². The molecule has 0 saturated heterocycles. The van der Waals surface area contributed by atoms with Crippen molar-refractivity contribution >= 4 is 11.4 Å². The second kappa shape index (κ2) is 9.96. The number of hydrogen-bond acceptors (Lipinski definition) is 2. The highest BCUT2D eigenvalue weighted by Gasteiger charge is 2.22. The predicted octanol–water partition coefficient (Wildman–Crippen LogP) is 6.36. The molecule has 1 aromatic rings. The number of anilines is 2. The van der Waals surface area contributed by atoms with Crippen molar-refractivity contribution < 1.29 is 0 Å². The fourth-order valence-electron chi connectivity index (χ4n) is 3.58. The minimum absolute atomic E-state index is 0.509. The van der Waals surface area contributed by atoms with Crippen LogP contribution in [0.2, 0.25) is 0 Å². The molecular formula is C22H40N2. The van der Waals surface area contributed by atoms with Crippen molar-refractivity contribution in [2.75, 3.05) is 10.6 Å². The number of nitrogens with one attached hydrogen (secondary N) is 2. The van der Waals surface area contributed by atoms with Gasteiger partial charge in [0.05, 0.1) is 0 Å². The predicted molar refractivity (Wildman–Crippen MR) is 111 cm³/mol. The quantitative estimate of drug-likeness (QED) is 0.521. The summed E-state index contributed by atoms with van der Waals surface area (Å²) in [6.07, 6.45) is 6.69. The molecule has 2 atom stereocenters. The van der Waals surface area contributed by atoms with Gasteiger partial charge in [-0.3, -0.25) is 0 Å². The summed E-state index contributed by atoms with van der Waals surface area (Å²) in [4.78, 5) is 0. The summed E-state index contributed by atoms with van der Waals surface area (Å²) in [5.74, 6) is 0. The molecular weight excluding hydrogens is 292 g/mol. The van der Waals surface area contributed by atoms with E-state index in [0.29, 0.717) is 12.1 Å². The highest BCUT2D eigenvalue weighted by Crippen LogP contribution is 2.38. The average Bonchev–Trinajstić information content (AvgIpc) is 2.60. The number of hydrogen-bond donors (Lipinski definition) is 2. The van der Waals surface area contributed by atoms with Gasteiger partial charge in [0.25, 0.3) is 0 Å². The summed E-state index contributed by atoms with van der Waals surface area (Å²) in [5, 5.41) is 7.70. The Bertz CT molecular complexity index is 478. The van der Waals surface area contributed by atoms with Crippen molar-refractivity contribution in [1.29, 1.82) is 0 Å². The van der Waals surface area contributed by atoms with Crippen molar-refractivity contribution in [1.82, 2.24) is 0 Å². The summed E-state index contributed by atoms with van der Waals surface area (Å²) in [6, 6.07) is 1.02. The zero-order valence-corrected chi connectivity index (χ0v) is 17.4. The first-order valence-electron chi connectivity index (χ1n) is 10.2. The van der Waals surface area contributed by atoms with E-state index in [1.165, 1.54) is 16.9 Å². The molecule has 2 heteroatoms. The van der Waals surface area contributed by atoms with Gasteiger partial charge in [-0.15, -0.1) is 0 Å². The molecule has 2 unspecified atom stereocenters. The summed E-state index contributed by atoms with van der Waals surface area (Å²) < 4.78 is 0. The van der Waals surface area contributed by atoms with Crippen LogP contribution in [-0.4, -0.2) is 12.1 Å². The van der Waals surface area contributed by atoms with Gasteiger partial charge >= 0.3 is 0 Å². The summed E-state index contributed by atoms with van der Waals surface area (Å²) >= 11 is 0. The molecule has 0 fully saturated rings. The summed E-state index contributed by atoms with van der Waals surface area (Å²) in [6.45, 7) is 18.3. The van der Waals surface area contributed by atoms with Gasteiger partial charge in [-0.05, 0) is 74.6 Å². The highest BCUT2D eigenvalue weighted by atomic mass is 15.0. The molecule has 1 aromatic carbocycles. The molecule has 0 heterocycles. The SMILES string of the molecule is CCc1c(CC)c(NC(C)CC)c(CC)c(NC(C)CC)c1CC. The van der Waals surface area contributed by atoms with E-state index in [2.05, 4.69) is 66.0 Å². The van der Waals surface area contributed by atoms with Crippen LogP contribution >= 0.6 is 0 Å². The summed E-state index contributed by atoms with van der Waals surface area (Å²) in [7, 11) is 0. The van der Waals surface area contributed by atoms with Gasteiger partial charge in [0.1, 0.15) is 0 Å². The van der Waals surface area contributed by atoms with Crippen LogP contribution in [-0.2, 0) is 25.7 Å². The first-order valence-corrected chi connectivity index (χ1v) is 10.2. The van der Waals surface area contributed by atoms with Crippen LogP contribution in [0, 0.1) is 0 Å². The average molecular weight is 333 g/mol. The Hall–Kier alpha value is -1.18. The van der Waals surface area contributed by atoms with Crippen LogP contribution in [0.5, 0.6) is 0 Å². The normalized spacial score (nSPS) is 13.7. The lowest BCUT2D eigenvalue weighted by Crippen LogP contribution is -2.22. The molecule has 2 N–H and O–H groups in total. The van der Waals surface area contributed by atoms with E-state index in [9.17, 15) is 0 Å². The molecule has 0 bridgehead atoms. The van der Waals surface area contributed by atoms with E-state index in [-0.39, 0.29) is 0 Å². The molecule has 0 saturated carbocycles. The summed E-state index contributed by atoms with van der Waals surface area (Å²) in [5.41, 5.74) is 8.96. The molecule has 0 aliphatic heterocycles. The zero-order valence-electron chi connectivity index (χ0n) is 17.4. The van der Waals surface area contributed by atoms with Crippen LogP contribution < -0.4 is 10.6 Å². The lowest BCUT2D eigenvalue weighted by Gasteiger charge is -2.29. The van der Waals surface area contributed by atoms with Crippen molar-refractivity contribution in [2.45, 2.75) is 106 Å². The van der Waals surface area contributed by atoms with Crippen LogP contribution in [0.1, 0.15) is 90.5 Å². The van der Waals surface area contributed by atoms with Crippen molar-refractivity contribution in [3.05, 3.63) is 22.3 Å². The Labute approximate surface area is 150 Å². The van der Waals surface area contributed by atoms with Crippen LogP contribution in [0.3, 0.4) is 0 Å². The molecule has 0 spiro atoms. The van der Waals surface area contributed by atoms with Crippen LogP contribution in [0.15, 0.2) is 0 Å².